The number of halogens is 2. The number of rotatable bonds is 14. The van der Waals surface area contributed by atoms with Crippen LogP contribution in [0.4, 0.5) is 4.39 Å². The number of aliphatic carboxylic acids is 1. The molecule has 1 saturated heterocycles. The van der Waals surface area contributed by atoms with Crippen molar-refractivity contribution >= 4 is 35.0 Å². The van der Waals surface area contributed by atoms with Crippen LogP contribution in [-0.4, -0.2) is 77.1 Å². The van der Waals surface area contributed by atoms with Gasteiger partial charge in [-0.05, 0) is 106 Å². The summed E-state index contributed by atoms with van der Waals surface area (Å²) in [6, 6.07) is 17.5. The summed E-state index contributed by atoms with van der Waals surface area (Å²) in [6.45, 7) is 8.74. The number of carboxylic acids is 1. The molecule has 2 heterocycles. The van der Waals surface area contributed by atoms with E-state index in [-0.39, 0.29) is 55.6 Å². The number of ether oxygens (including phenoxy) is 2. The Morgan fingerprint density at radius 2 is 1.69 bits per heavy atom. The molecule has 0 radical (unpaired) electrons. The van der Waals surface area contributed by atoms with Gasteiger partial charge in [0.1, 0.15) is 30.5 Å². The molecule has 1 saturated carbocycles. The Bertz CT molecular complexity index is 1860. The second-order valence-corrected chi connectivity index (χ2v) is 15.3. The number of amides is 2. The Kier molecular flexibility index (Phi) is 11.3. The molecule has 2 N–H and O–H groups in total. The number of aryl methyl sites for hydroxylation is 2. The Hall–Kier alpha value is -4.41. The van der Waals surface area contributed by atoms with Gasteiger partial charge in [0.15, 0.2) is 0 Å². The maximum atomic E-state index is 14.8. The summed E-state index contributed by atoms with van der Waals surface area (Å²) >= 11 is 6.35. The zero-order chi connectivity index (χ0) is 37.2. The summed E-state index contributed by atoms with van der Waals surface area (Å²) in [6.07, 6.45) is 2.51. The second kappa shape index (κ2) is 15.7. The number of hydrogen-bond acceptors (Lipinski definition) is 6. The lowest BCUT2D eigenvalue weighted by Crippen LogP contribution is -2.62. The molecule has 0 spiro atoms. The number of nitrogens with zero attached hydrogens (tertiary/aromatic N) is 2. The van der Waals surface area contributed by atoms with Crippen LogP contribution in [-0.2, 0) is 20.9 Å². The largest absolute Gasteiger partial charge is 0.490 e. The molecule has 2 fully saturated rings. The minimum absolute atomic E-state index is 0.00913. The lowest BCUT2D eigenvalue weighted by Gasteiger charge is -2.45. The number of piperazine rings is 1. The highest BCUT2D eigenvalue weighted by Gasteiger charge is 2.43. The lowest BCUT2D eigenvalue weighted by molar-refractivity contribution is -0.148. The number of nitrogens with one attached hydrogen (secondary N) is 1. The van der Waals surface area contributed by atoms with Crippen LogP contribution >= 0.6 is 11.6 Å². The number of carbonyl (C=O) groups is 3. The molecule has 6 rings (SSSR count). The maximum absolute atomic E-state index is 14.8. The van der Waals surface area contributed by atoms with Crippen molar-refractivity contribution in [1.29, 1.82) is 0 Å². The SMILES string of the molecule is Cc1cc(Cl)c(OCCOc2ccc(C3=C(C(=O)N(Cc4ccccc4F)C4CC4)C4CN(C(=O)CCC(C)(C)C(=O)O)CC(C3)N4)cc2)cc1C. The Balaban J connectivity index is 1.23. The van der Waals surface area contributed by atoms with Gasteiger partial charge in [0, 0.05) is 49.3 Å². The van der Waals surface area contributed by atoms with Gasteiger partial charge in [-0.2, -0.15) is 0 Å². The summed E-state index contributed by atoms with van der Waals surface area (Å²) in [5.41, 5.74) is 3.98. The van der Waals surface area contributed by atoms with E-state index in [1.165, 1.54) is 6.07 Å². The quantitative estimate of drug-likeness (QED) is 0.173. The van der Waals surface area contributed by atoms with Crippen LogP contribution in [0.1, 0.15) is 68.2 Å². The highest BCUT2D eigenvalue weighted by atomic mass is 35.5. The van der Waals surface area contributed by atoms with E-state index in [1.807, 2.05) is 50.2 Å². The van der Waals surface area contributed by atoms with Crippen LogP contribution in [0.2, 0.25) is 5.02 Å². The van der Waals surface area contributed by atoms with Gasteiger partial charge in [0.05, 0.1) is 16.5 Å². The van der Waals surface area contributed by atoms with Crippen LogP contribution in [0, 0.1) is 25.1 Å². The summed E-state index contributed by atoms with van der Waals surface area (Å²) < 4.78 is 26.7. The molecule has 52 heavy (non-hydrogen) atoms. The monoisotopic (exact) mass is 731 g/mol. The Morgan fingerprint density at radius 3 is 2.38 bits per heavy atom. The summed E-state index contributed by atoms with van der Waals surface area (Å²) in [4.78, 5) is 43.4. The molecule has 11 heteroatoms. The van der Waals surface area contributed by atoms with E-state index in [2.05, 4.69) is 5.32 Å². The van der Waals surface area contributed by atoms with Gasteiger partial charge < -0.3 is 29.7 Å². The molecular weight excluding hydrogens is 685 g/mol. The third-order valence-electron chi connectivity index (χ3n) is 10.4. The van der Waals surface area contributed by atoms with Crippen molar-refractivity contribution < 1.29 is 33.4 Å². The van der Waals surface area contributed by atoms with Crippen molar-refractivity contribution in [3.8, 4) is 11.5 Å². The van der Waals surface area contributed by atoms with Gasteiger partial charge in [-0.3, -0.25) is 14.4 Å². The third-order valence-corrected chi connectivity index (χ3v) is 10.7. The first-order valence-corrected chi connectivity index (χ1v) is 18.4. The third kappa shape index (κ3) is 8.61. The van der Waals surface area contributed by atoms with Crippen molar-refractivity contribution in [2.24, 2.45) is 5.41 Å². The molecule has 9 nitrogen and oxygen atoms in total. The average Bonchev–Trinajstić information content (AvgIpc) is 3.96. The predicted molar refractivity (Wildman–Crippen MR) is 198 cm³/mol. The molecule has 2 aliphatic heterocycles. The highest BCUT2D eigenvalue weighted by molar-refractivity contribution is 6.32. The fourth-order valence-corrected chi connectivity index (χ4v) is 7.17. The zero-order valence-electron chi connectivity index (χ0n) is 30.2. The van der Waals surface area contributed by atoms with Gasteiger partial charge in [0.25, 0.3) is 5.91 Å². The zero-order valence-corrected chi connectivity index (χ0v) is 31.0. The molecule has 2 bridgehead atoms. The molecule has 1 aliphatic carbocycles. The second-order valence-electron chi connectivity index (χ2n) is 14.8. The van der Waals surface area contributed by atoms with Gasteiger partial charge in [-0.15, -0.1) is 0 Å². The molecule has 0 aromatic heterocycles. The molecule has 3 aromatic carbocycles. The first-order valence-electron chi connectivity index (χ1n) is 18.0. The summed E-state index contributed by atoms with van der Waals surface area (Å²) in [5.74, 6) is -0.323. The maximum Gasteiger partial charge on any atom is 0.309 e. The predicted octanol–water partition coefficient (Wildman–Crippen LogP) is 6.96. The van der Waals surface area contributed by atoms with Crippen molar-refractivity contribution in [2.75, 3.05) is 26.3 Å². The molecule has 3 aliphatic rings. The number of carbonyl (C=O) groups excluding carboxylic acids is 2. The van der Waals surface area contributed by atoms with Crippen molar-refractivity contribution in [2.45, 2.75) is 84.5 Å². The number of hydrogen-bond donors (Lipinski definition) is 2. The number of benzene rings is 3. The Labute approximate surface area is 309 Å². The summed E-state index contributed by atoms with van der Waals surface area (Å²) in [5, 5.41) is 13.7. The molecular formula is C41H47ClFN3O6. The minimum Gasteiger partial charge on any atom is -0.490 e. The van der Waals surface area contributed by atoms with Crippen LogP contribution in [0.3, 0.4) is 0 Å². The first kappa shape index (κ1) is 37.4. The topological polar surface area (TPSA) is 108 Å². The van der Waals surface area contributed by atoms with Crippen LogP contribution in [0.5, 0.6) is 11.5 Å². The van der Waals surface area contributed by atoms with E-state index in [4.69, 9.17) is 21.1 Å². The fourth-order valence-electron chi connectivity index (χ4n) is 6.90. The van der Waals surface area contributed by atoms with Gasteiger partial charge in [-0.1, -0.05) is 41.9 Å². The number of fused-ring (bicyclic) bond motifs is 2. The fraction of sp³-hybridized carbons (Fsp3) is 0.439. The standard InChI is InChI=1S/C41H47ClFN3O6/c1-25-19-33(42)36(20-26(25)2)52-18-17-51-31-13-9-27(10-14-31)32-21-29-23-45(37(47)15-16-41(3,4)40(49)50)24-35(44-29)38(32)39(48)46(30-11-12-30)22-28-7-5-6-8-34(28)43/h5-10,13-14,19-20,29-30,35,44H,11-12,15-18,21-24H2,1-4H3,(H,49,50). The normalized spacial score (nSPS) is 18.6. The molecule has 2 atom stereocenters. The van der Waals surface area contributed by atoms with Gasteiger partial charge in [0.2, 0.25) is 5.91 Å². The molecule has 2 unspecified atom stereocenters. The van der Waals surface area contributed by atoms with Crippen molar-refractivity contribution in [3.05, 3.63) is 99.3 Å². The lowest BCUT2D eigenvalue weighted by atomic mass is 9.82. The van der Waals surface area contributed by atoms with E-state index in [1.54, 1.807) is 41.8 Å². The van der Waals surface area contributed by atoms with Crippen LogP contribution < -0.4 is 14.8 Å². The van der Waals surface area contributed by atoms with Crippen LogP contribution in [0.25, 0.3) is 5.57 Å². The summed E-state index contributed by atoms with van der Waals surface area (Å²) in [7, 11) is 0. The van der Waals surface area contributed by atoms with E-state index in [0.717, 1.165) is 35.1 Å². The van der Waals surface area contributed by atoms with Crippen molar-refractivity contribution in [1.82, 2.24) is 15.1 Å². The van der Waals surface area contributed by atoms with E-state index in [0.29, 0.717) is 53.8 Å². The molecule has 276 valence electrons. The minimum atomic E-state index is -1.03. The molecule has 3 aromatic rings. The van der Waals surface area contributed by atoms with E-state index >= 15 is 0 Å². The molecule has 2 amide bonds. The smallest absolute Gasteiger partial charge is 0.309 e. The number of carboxylic acid groups (broad SMARTS) is 1. The van der Waals surface area contributed by atoms with Gasteiger partial charge >= 0.3 is 5.97 Å². The van der Waals surface area contributed by atoms with Gasteiger partial charge in [-0.25, -0.2) is 4.39 Å². The average molecular weight is 732 g/mol. The van der Waals surface area contributed by atoms with Crippen molar-refractivity contribution in [3.63, 3.8) is 0 Å². The highest BCUT2D eigenvalue weighted by Crippen LogP contribution is 2.38. The van der Waals surface area contributed by atoms with E-state index < -0.39 is 17.4 Å². The first-order chi connectivity index (χ1) is 24.8. The Morgan fingerprint density at radius 1 is 1.00 bits per heavy atom. The van der Waals surface area contributed by atoms with E-state index in [9.17, 15) is 23.9 Å². The van der Waals surface area contributed by atoms with Crippen LogP contribution in [0.15, 0.2) is 66.2 Å².